The Morgan fingerprint density at radius 2 is 1.94 bits per heavy atom. The first-order valence-electron chi connectivity index (χ1n) is 6.62. The molecule has 1 aromatic carbocycles. The Kier molecular flexibility index (Phi) is 4.02. The highest BCUT2D eigenvalue weighted by molar-refractivity contribution is 5.95. The van der Waals surface area contributed by atoms with Gasteiger partial charge in [-0.2, -0.15) is 0 Å². The molecule has 2 rings (SSSR count). The summed E-state index contributed by atoms with van der Waals surface area (Å²) in [5, 5.41) is 3.38. The lowest BCUT2D eigenvalue weighted by molar-refractivity contribution is 0.0827. The molecule has 0 radical (unpaired) electrons. The molecule has 0 aliphatic carbocycles. The number of rotatable bonds is 2. The molecule has 1 N–H and O–H groups in total. The molecule has 0 saturated carbocycles. The molecule has 0 bridgehead atoms. The molecule has 0 atom stereocenters. The second-order valence-electron chi connectivity index (χ2n) is 5.30. The van der Waals surface area contributed by atoms with Gasteiger partial charge in [-0.25, -0.2) is 0 Å². The zero-order valence-corrected chi connectivity index (χ0v) is 11.5. The molecule has 0 unspecified atom stereocenters. The number of piperidine rings is 1. The van der Waals surface area contributed by atoms with Gasteiger partial charge in [-0.05, 0) is 56.0 Å². The average Bonchev–Trinajstić information content (AvgIpc) is 2.38. The van der Waals surface area contributed by atoms with Gasteiger partial charge in [-0.3, -0.25) is 4.79 Å². The third-order valence-corrected chi connectivity index (χ3v) is 3.70. The van der Waals surface area contributed by atoms with Crippen LogP contribution in [0.25, 0.3) is 0 Å². The summed E-state index contributed by atoms with van der Waals surface area (Å²) in [5.41, 5.74) is 3.28. The summed E-state index contributed by atoms with van der Waals surface area (Å²) in [6.07, 6.45) is 2.39. The highest BCUT2D eigenvalue weighted by Gasteiger charge is 2.17. The third kappa shape index (κ3) is 2.72. The molecule has 1 aliphatic rings. The van der Waals surface area contributed by atoms with Crippen LogP contribution in [0.5, 0.6) is 0 Å². The maximum Gasteiger partial charge on any atom is 0.253 e. The largest absolute Gasteiger partial charge is 0.345 e. The first-order chi connectivity index (χ1) is 8.59. The fraction of sp³-hybridized carbons (Fsp3) is 0.533. The Balaban J connectivity index is 2.21. The van der Waals surface area contributed by atoms with Crippen LogP contribution in [0.1, 0.15) is 40.2 Å². The van der Waals surface area contributed by atoms with E-state index in [1.807, 2.05) is 13.0 Å². The van der Waals surface area contributed by atoms with Crippen molar-refractivity contribution in [3.05, 3.63) is 34.9 Å². The summed E-state index contributed by atoms with van der Waals surface area (Å²) in [6, 6.07) is 6.29. The highest BCUT2D eigenvalue weighted by Crippen LogP contribution is 2.27. The van der Waals surface area contributed by atoms with E-state index >= 15 is 0 Å². The van der Waals surface area contributed by atoms with Crippen molar-refractivity contribution >= 4 is 5.91 Å². The Hall–Kier alpha value is -1.35. The molecule has 98 valence electrons. The fourth-order valence-electron chi connectivity index (χ4n) is 2.58. The number of hydrogen-bond donors (Lipinski definition) is 1. The number of nitrogens with zero attached hydrogens (tertiary/aromatic N) is 1. The van der Waals surface area contributed by atoms with E-state index in [2.05, 4.69) is 17.4 Å². The van der Waals surface area contributed by atoms with Crippen molar-refractivity contribution in [1.82, 2.24) is 10.2 Å². The van der Waals surface area contributed by atoms with E-state index in [0.717, 1.165) is 24.2 Å². The van der Waals surface area contributed by atoms with Gasteiger partial charge in [0.1, 0.15) is 0 Å². The predicted octanol–water partition coefficient (Wildman–Crippen LogP) is 2.16. The van der Waals surface area contributed by atoms with Crippen LogP contribution < -0.4 is 5.32 Å². The minimum Gasteiger partial charge on any atom is -0.345 e. The van der Waals surface area contributed by atoms with E-state index in [1.54, 1.807) is 19.0 Å². The molecule has 1 aliphatic heterocycles. The van der Waals surface area contributed by atoms with Gasteiger partial charge in [0.25, 0.3) is 5.91 Å². The minimum absolute atomic E-state index is 0.0874. The lowest BCUT2D eigenvalue weighted by atomic mass is 9.88. The first kappa shape index (κ1) is 13.1. The van der Waals surface area contributed by atoms with Gasteiger partial charge in [0, 0.05) is 19.7 Å². The van der Waals surface area contributed by atoms with Crippen LogP contribution in [-0.2, 0) is 0 Å². The zero-order valence-electron chi connectivity index (χ0n) is 11.5. The van der Waals surface area contributed by atoms with Gasteiger partial charge in [0.2, 0.25) is 0 Å². The van der Waals surface area contributed by atoms with E-state index in [1.165, 1.54) is 18.4 Å². The van der Waals surface area contributed by atoms with Crippen LogP contribution in [0.15, 0.2) is 18.2 Å². The van der Waals surface area contributed by atoms with E-state index in [-0.39, 0.29) is 5.91 Å². The zero-order chi connectivity index (χ0) is 13.1. The van der Waals surface area contributed by atoms with E-state index in [9.17, 15) is 4.79 Å². The molecular formula is C15H22N2O. The number of hydrogen-bond acceptors (Lipinski definition) is 2. The number of carbonyl (C=O) groups is 1. The molecule has 0 aromatic heterocycles. The van der Waals surface area contributed by atoms with Gasteiger partial charge >= 0.3 is 0 Å². The quantitative estimate of drug-likeness (QED) is 0.867. The Morgan fingerprint density at radius 1 is 1.28 bits per heavy atom. The molecule has 1 amide bonds. The molecule has 1 fully saturated rings. The number of benzene rings is 1. The Bertz CT molecular complexity index is 434. The molecule has 0 spiro atoms. The monoisotopic (exact) mass is 246 g/mol. The second-order valence-corrected chi connectivity index (χ2v) is 5.30. The maximum atomic E-state index is 12.0. The van der Waals surface area contributed by atoms with Crippen molar-refractivity contribution in [3.8, 4) is 0 Å². The SMILES string of the molecule is Cc1cc(C2CCNCC2)ccc1C(=O)N(C)C. The Labute approximate surface area is 109 Å². The van der Waals surface area contributed by atoms with Crippen molar-refractivity contribution in [2.45, 2.75) is 25.7 Å². The predicted molar refractivity (Wildman–Crippen MR) is 74.0 cm³/mol. The molecule has 1 heterocycles. The standard InChI is InChI=1S/C15H22N2O/c1-11-10-13(12-6-8-16-9-7-12)4-5-14(11)15(18)17(2)3/h4-5,10,12,16H,6-9H2,1-3H3. The first-order valence-corrected chi connectivity index (χ1v) is 6.62. The number of aryl methyl sites for hydroxylation is 1. The summed E-state index contributed by atoms with van der Waals surface area (Å²) in [7, 11) is 3.59. The van der Waals surface area contributed by atoms with Crippen LogP contribution >= 0.6 is 0 Å². The number of amides is 1. The van der Waals surface area contributed by atoms with Gasteiger partial charge in [0.15, 0.2) is 0 Å². The summed E-state index contributed by atoms with van der Waals surface area (Å²) in [4.78, 5) is 13.6. The Morgan fingerprint density at radius 3 is 2.50 bits per heavy atom. The van der Waals surface area contributed by atoms with Crippen molar-refractivity contribution in [2.24, 2.45) is 0 Å². The number of carbonyl (C=O) groups excluding carboxylic acids is 1. The van der Waals surface area contributed by atoms with Gasteiger partial charge in [-0.15, -0.1) is 0 Å². The van der Waals surface area contributed by atoms with Gasteiger partial charge in [-0.1, -0.05) is 12.1 Å². The van der Waals surface area contributed by atoms with Crippen LogP contribution in [0.3, 0.4) is 0 Å². The maximum absolute atomic E-state index is 12.0. The summed E-state index contributed by atoms with van der Waals surface area (Å²) >= 11 is 0. The third-order valence-electron chi connectivity index (χ3n) is 3.70. The molecule has 3 nitrogen and oxygen atoms in total. The molecule has 3 heteroatoms. The lowest BCUT2D eigenvalue weighted by Crippen LogP contribution is -2.27. The highest BCUT2D eigenvalue weighted by atomic mass is 16.2. The van der Waals surface area contributed by atoms with Crippen LogP contribution in [0, 0.1) is 6.92 Å². The van der Waals surface area contributed by atoms with Crippen molar-refractivity contribution < 1.29 is 4.79 Å². The molecule has 1 aromatic rings. The van der Waals surface area contributed by atoms with Crippen LogP contribution in [0.4, 0.5) is 0 Å². The normalized spacial score (nSPS) is 16.6. The van der Waals surface area contributed by atoms with Gasteiger partial charge < -0.3 is 10.2 Å². The van der Waals surface area contributed by atoms with E-state index < -0.39 is 0 Å². The molecular weight excluding hydrogens is 224 g/mol. The van der Waals surface area contributed by atoms with Crippen molar-refractivity contribution in [3.63, 3.8) is 0 Å². The minimum atomic E-state index is 0.0874. The topological polar surface area (TPSA) is 32.3 Å². The average molecular weight is 246 g/mol. The molecule has 1 saturated heterocycles. The van der Waals surface area contributed by atoms with Crippen LogP contribution in [0.2, 0.25) is 0 Å². The smallest absolute Gasteiger partial charge is 0.253 e. The summed E-state index contributed by atoms with van der Waals surface area (Å²) < 4.78 is 0. The van der Waals surface area contributed by atoms with Gasteiger partial charge in [0.05, 0.1) is 0 Å². The number of nitrogens with one attached hydrogen (secondary N) is 1. The van der Waals surface area contributed by atoms with E-state index in [0.29, 0.717) is 5.92 Å². The lowest BCUT2D eigenvalue weighted by Gasteiger charge is -2.24. The van der Waals surface area contributed by atoms with Crippen molar-refractivity contribution in [2.75, 3.05) is 27.2 Å². The summed E-state index contributed by atoms with van der Waals surface area (Å²) in [6.45, 7) is 4.23. The second kappa shape index (κ2) is 5.53. The van der Waals surface area contributed by atoms with E-state index in [4.69, 9.17) is 0 Å². The molecule has 18 heavy (non-hydrogen) atoms. The fourth-order valence-corrected chi connectivity index (χ4v) is 2.58. The van der Waals surface area contributed by atoms with Crippen LogP contribution in [-0.4, -0.2) is 38.0 Å². The van der Waals surface area contributed by atoms with Crippen molar-refractivity contribution in [1.29, 1.82) is 0 Å². The summed E-state index contributed by atoms with van der Waals surface area (Å²) in [5.74, 6) is 0.734.